The van der Waals surface area contributed by atoms with Gasteiger partial charge in [0, 0.05) is 5.88 Å². The fourth-order valence-electron chi connectivity index (χ4n) is 1.26. The first-order valence-electron chi connectivity index (χ1n) is 4.08. The third-order valence-corrected chi connectivity index (χ3v) is 2.23. The van der Waals surface area contributed by atoms with Crippen molar-refractivity contribution in [1.82, 2.24) is 0 Å². The van der Waals surface area contributed by atoms with Crippen molar-refractivity contribution < 1.29 is 14.3 Å². The van der Waals surface area contributed by atoms with Gasteiger partial charge < -0.3 is 5.11 Å². The molecule has 0 aromatic heterocycles. The van der Waals surface area contributed by atoms with Crippen LogP contribution in [0.4, 0.5) is 4.39 Å². The van der Waals surface area contributed by atoms with Gasteiger partial charge in [-0.05, 0) is 17.2 Å². The number of alkyl halides is 1. The van der Waals surface area contributed by atoms with E-state index >= 15 is 0 Å². The van der Waals surface area contributed by atoms with E-state index in [-0.39, 0.29) is 17.0 Å². The van der Waals surface area contributed by atoms with Crippen LogP contribution in [-0.2, 0) is 17.1 Å². The molecule has 1 aromatic carbocycles. The van der Waals surface area contributed by atoms with Gasteiger partial charge >= 0.3 is 5.97 Å². The highest BCUT2D eigenvalue weighted by Gasteiger charge is 2.15. The summed E-state index contributed by atoms with van der Waals surface area (Å²) in [6.45, 7) is 0. The van der Waals surface area contributed by atoms with Crippen molar-refractivity contribution in [2.24, 2.45) is 0 Å². The Morgan fingerprint density at radius 2 is 2.27 bits per heavy atom. The normalized spacial score (nSPS) is 9.67. The van der Waals surface area contributed by atoms with Crippen molar-refractivity contribution in [3.8, 4) is 6.07 Å². The second-order valence-corrected chi connectivity index (χ2v) is 3.14. The van der Waals surface area contributed by atoms with E-state index in [0.717, 1.165) is 6.07 Å². The molecule has 3 nitrogen and oxygen atoms in total. The zero-order valence-corrected chi connectivity index (χ0v) is 8.38. The van der Waals surface area contributed by atoms with Crippen molar-refractivity contribution in [3.05, 3.63) is 34.6 Å². The zero-order chi connectivity index (χ0) is 11.4. The number of carbonyl (C=O) groups is 1. The van der Waals surface area contributed by atoms with Gasteiger partial charge in [0.25, 0.3) is 0 Å². The summed E-state index contributed by atoms with van der Waals surface area (Å²) in [4.78, 5) is 10.5. The van der Waals surface area contributed by atoms with Crippen LogP contribution in [0.3, 0.4) is 0 Å². The molecule has 0 fully saturated rings. The molecule has 5 heteroatoms. The highest BCUT2D eigenvalue weighted by molar-refractivity contribution is 6.17. The van der Waals surface area contributed by atoms with Gasteiger partial charge in [-0.1, -0.05) is 6.07 Å². The topological polar surface area (TPSA) is 61.1 Å². The summed E-state index contributed by atoms with van der Waals surface area (Å²) in [5, 5.41) is 17.3. The Balaban J connectivity index is 3.35. The Morgan fingerprint density at radius 1 is 1.60 bits per heavy atom. The molecule has 0 atom stereocenters. The first kappa shape index (κ1) is 11.5. The fraction of sp³-hybridized carbons (Fsp3) is 0.200. The summed E-state index contributed by atoms with van der Waals surface area (Å²) in [6, 6.07) is 4.15. The molecule has 0 aliphatic heterocycles. The molecule has 0 saturated heterocycles. The van der Waals surface area contributed by atoms with Gasteiger partial charge in [0.15, 0.2) is 0 Å². The molecule has 0 aliphatic rings. The van der Waals surface area contributed by atoms with Crippen LogP contribution in [0.25, 0.3) is 0 Å². The third kappa shape index (κ3) is 2.45. The van der Waals surface area contributed by atoms with Crippen LogP contribution in [0.15, 0.2) is 12.1 Å². The van der Waals surface area contributed by atoms with Crippen LogP contribution in [-0.4, -0.2) is 11.1 Å². The summed E-state index contributed by atoms with van der Waals surface area (Å²) in [7, 11) is 0. The number of halogens is 2. The molecule has 0 bridgehead atoms. The lowest BCUT2D eigenvalue weighted by molar-refractivity contribution is -0.136. The van der Waals surface area contributed by atoms with E-state index in [4.69, 9.17) is 22.0 Å². The molecular formula is C10H7ClFNO2. The van der Waals surface area contributed by atoms with Crippen LogP contribution < -0.4 is 0 Å². The number of hydrogen-bond donors (Lipinski definition) is 1. The monoisotopic (exact) mass is 227 g/mol. The van der Waals surface area contributed by atoms with Crippen LogP contribution >= 0.6 is 11.6 Å². The Hall–Kier alpha value is -1.60. The van der Waals surface area contributed by atoms with E-state index in [0.29, 0.717) is 5.56 Å². The van der Waals surface area contributed by atoms with E-state index < -0.39 is 18.2 Å². The lowest BCUT2D eigenvalue weighted by atomic mass is 9.99. The largest absolute Gasteiger partial charge is 0.481 e. The smallest absolute Gasteiger partial charge is 0.307 e. The zero-order valence-electron chi connectivity index (χ0n) is 7.63. The van der Waals surface area contributed by atoms with Crippen molar-refractivity contribution in [3.63, 3.8) is 0 Å². The lowest BCUT2D eigenvalue weighted by Gasteiger charge is -2.07. The first-order valence-corrected chi connectivity index (χ1v) is 4.61. The highest BCUT2D eigenvalue weighted by Crippen LogP contribution is 2.20. The Kier molecular flexibility index (Phi) is 3.64. The number of nitriles is 1. The number of rotatable bonds is 3. The quantitative estimate of drug-likeness (QED) is 0.804. The lowest BCUT2D eigenvalue weighted by Crippen LogP contribution is -2.07. The number of carboxylic acid groups (broad SMARTS) is 1. The molecule has 0 amide bonds. The molecule has 0 saturated carbocycles. The van der Waals surface area contributed by atoms with E-state index in [1.165, 1.54) is 6.07 Å². The van der Waals surface area contributed by atoms with E-state index in [2.05, 4.69) is 0 Å². The number of benzene rings is 1. The average Bonchev–Trinajstić information content (AvgIpc) is 2.18. The van der Waals surface area contributed by atoms with E-state index in [9.17, 15) is 9.18 Å². The third-order valence-electron chi connectivity index (χ3n) is 1.94. The Labute approximate surface area is 90.7 Å². The summed E-state index contributed by atoms with van der Waals surface area (Å²) >= 11 is 5.57. The van der Waals surface area contributed by atoms with Gasteiger partial charge in [0.2, 0.25) is 0 Å². The Morgan fingerprint density at radius 3 is 2.73 bits per heavy atom. The summed E-state index contributed by atoms with van der Waals surface area (Å²) in [5.41, 5.74) is 0.382. The summed E-state index contributed by atoms with van der Waals surface area (Å²) in [6.07, 6.45) is -0.400. The van der Waals surface area contributed by atoms with Crippen molar-refractivity contribution >= 4 is 17.6 Å². The number of nitrogens with zero attached hydrogens (tertiary/aromatic N) is 1. The van der Waals surface area contributed by atoms with Gasteiger partial charge in [-0.3, -0.25) is 4.79 Å². The minimum Gasteiger partial charge on any atom is -0.481 e. The molecule has 78 valence electrons. The number of aliphatic carboxylic acids is 1. The van der Waals surface area contributed by atoms with Gasteiger partial charge in [0.05, 0.1) is 12.0 Å². The van der Waals surface area contributed by atoms with Crippen molar-refractivity contribution in [2.75, 3.05) is 0 Å². The van der Waals surface area contributed by atoms with Crippen molar-refractivity contribution in [1.29, 1.82) is 5.26 Å². The SMILES string of the molecule is N#Cc1c(F)ccc(CCl)c1CC(=O)O. The predicted octanol–water partition coefficient (Wildman–Crippen LogP) is 2.06. The summed E-state index contributed by atoms with van der Waals surface area (Å²) in [5.74, 6) is -1.79. The number of carboxylic acids is 1. The predicted molar refractivity (Wildman–Crippen MR) is 52.0 cm³/mol. The highest BCUT2D eigenvalue weighted by atomic mass is 35.5. The van der Waals surface area contributed by atoms with Gasteiger partial charge in [-0.25, -0.2) is 4.39 Å². The second kappa shape index (κ2) is 4.76. The van der Waals surface area contributed by atoms with E-state index in [1.807, 2.05) is 0 Å². The molecule has 0 spiro atoms. The minimum absolute atomic E-state index is 0.0531. The molecule has 1 N–H and O–H groups in total. The maximum atomic E-state index is 13.2. The maximum absolute atomic E-state index is 13.2. The van der Waals surface area contributed by atoms with Crippen LogP contribution in [0.5, 0.6) is 0 Å². The molecule has 0 heterocycles. The molecule has 1 rings (SSSR count). The molecule has 0 radical (unpaired) electrons. The van der Waals surface area contributed by atoms with Gasteiger partial charge in [-0.15, -0.1) is 11.6 Å². The second-order valence-electron chi connectivity index (χ2n) is 2.88. The molecule has 1 aromatic rings. The van der Waals surface area contributed by atoms with Crippen LogP contribution in [0.2, 0.25) is 0 Å². The first-order chi connectivity index (χ1) is 7.10. The average molecular weight is 228 g/mol. The van der Waals surface area contributed by atoms with Gasteiger partial charge in [-0.2, -0.15) is 5.26 Å². The minimum atomic E-state index is -1.12. The van der Waals surface area contributed by atoms with Crippen LogP contribution in [0.1, 0.15) is 16.7 Å². The van der Waals surface area contributed by atoms with Gasteiger partial charge in [0.1, 0.15) is 11.9 Å². The Bertz CT molecular complexity index is 440. The number of hydrogen-bond acceptors (Lipinski definition) is 2. The summed E-state index contributed by atoms with van der Waals surface area (Å²) < 4.78 is 13.2. The van der Waals surface area contributed by atoms with Crippen LogP contribution in [0, 0.1) is 17.1 Å². The molecule has 0 aliphatic carbocycles. The molecule has 0 unspecified atom stereocenters. The molecule has 15 heavy (non-hydrogen) atoms. The maximum Gasteiger partial charge on any atom is 0.307 e. The van der Waals surface area contributed by atoms with E-state index in [1.54, 1.807) is 6.07 Å². The molecular weight excluding hydrogens is 221 g/mol. The standard InChI is InChI=1S/C10H7ClFNO2/c11-4-6-1-2-9(12)8(5-13)7(6)3-10(14)15/h1-2H,3-4H2,(H,14,15). The fourth-order valence-corrected chi connectivity index (χ4v) is 1.51. The van der Waals surface area contributed by atoms with Crippen molar-refractivity contribution in [2.45, 2.75) is 12.3 Å².